The minimum Gasteiger partial charge on any atom is -0.350 e. The van der Waals surface area contributed by atoms with Crippen LogP contribution in [0.3, 0.4) is 0 Å². The lowest BCUT2D eigenvalue weighted by Crippen LogP contribution is -2.34. The number of hydrogen-bond donors (Lipinski definition) is 1. The van der Waals surface area contributed by atoms with Crippen LogP contribution in [-0.4, -0.2) is 41.5 Å². The Morgan fingerprint density at radius 2 is 1.80 bits per heavy atom. The first-order chi connectivity index (χ1) is 14.5. The van der Waals surface area contributed by atoms with Crippen molar-refractivity contribution in [1.82, 2.24) is 15.2 Å². The number of carbonyl (C=O) groups excluding carboxylic acids is 1. The molecule has 3 aromatic rings. The largest absolute Gasteiger partial charge is 0.350 e. The molecule has 4 nitrogen and oxygen atoms in total. The van der Waals surface area contributed by atoms with Gasteiger partial charge in [-0.05, 0) is 64.5 Å². The van der Waals surface area contributed by atoms with Crippen LogP contribution in [0, 0.1) is 6.92 Å². The highest BCUT2D eigenvalue weighted by molar-refractivity contribution is 6.07. The number of nitrogens with zero attached hydrogens (tertiary/aromatic N) is 2. The van der Waals surface area contributed by atoms with E-state index >= 15 is 0 Å². The van der Waals surface area contributed by atoms with Crippen LogP contribution in [0.1, 0.15) is 49.5 Å². The van der Waals surface area contributed by atoms with Crippen LogP contribution in [0.25, 0.3) is 22.2 Å². The predicted molar refractivity (Wildman–Crippen MR) is 126 cm³/mol. The topological polar surface area (TPSA) is 45.2 Å². The Bertz CT molecular complexity index is 980. The molecule has 1 N–H and O–H groups in total. The number of amides is 1. The van der Waals surface area contributed by atoms with Gasteiger partial charge in [0.1, 0.15) is 0 Å². The van der Waals surface area contributed by atoms with Gasteiger partial charge in [-0.3, -0.25) is 4.79 Å². The van der Waals surface area contributed by atoms with Gasteiger partial charge in [0.2, 0.25) is 0 Å². The van der Waals surface area contributed by atoms with E-state index in [2.05, 4.69) is 37.1 Å². The van der Waals surface area contributed by atoms with E-state index in [1.165, 1.54) is 0 Å². The van der Waals surface area contributed by atoms with Crippen LogP contribution in [0.15, 0.2) is 54.6 Å². The lowest BCUT2D eigenvalue weighted by Gasteiger charge is -2.20. The predicted octanol–water partition coefficient (Wildman–Crippen LogP) is 5.45. The van der Waals surface area contributed by atoms with Crippen LogP contribution >= 0.6 is 0 Å². The Morgan fingerprint density at radius 3 is 2.50 bits per heavy atom. The third kappa shape index (κ3) is 5.45. The van der Waals surface area contributed by atoms with Crippen molar-refractivity contribution in [3.63, 3.8) is 0 Å². The van der Waals surface area contributed by atoms with Gasteiger partial charge in [0.05, 0.1) is 16.8 Å². The number of carbonyl (C=O) groups is 1. The maximum absolute atomic E-state index is 13.2. The van der Waals surface area contributed by atoms with Crippen molar-refractivity contribution < 1.29 is 4.79 Å². The SMILES string of the molecule is CCN(CC)CCCC(C)NC(=O)c1cc(-c2ccccc2)nc2ccc(C)cc12. The molecule has 0 spiro atoms. The minimum atomic E-state index is -0.0273. The molecule has 1 aromatic heterocycles. The molecule has 158 valence electrons. The highest BCUT2D eigenvalue weighted by Gasteiger charge is 2.16. The zero-order valence-corrected chi connectivity index (χ0v) is 18.6. The van der Waals surface area contributed by atoms with E-state index in [0.29, 0.717) is 5.56 Å². The summed E-state index contributed by atoms with van der Waals surface area (Å²) in [5.74, 6) is -0.0273. The molecule has 1 unspecified atom stereocenters. The molecule has 2 aromatic carbocycles. The summed E-state index contributed by atoms with van der Waals surface area (Å²) in [7, 11) is 0. The molecule has 3 rings (SSSR count). The van der Waals surface area contributed by atoms with Crippen LogP contribution in [0.2, 0.25) is 0 Å². The molecule has 1 heterocycles. The molecule has 30 heavy (non-hydrogen) atoms. The Balaban J connectivity index is 1.82. The molecule has 0 aliphatic heterocycles. The first-order valence-corrected chi connectivity index (χ1v) is 11.0. The Morgan fingerprint density at radius 1 is 1.07 bits per heavy atom. The molecule has 0 saturated carbocycles. The molecule has 0 aliphatic rings. The van der Waals surface area contributed by atoms with E-state index in [1.807, 2.05) is 55.5 Å². The van der Waals surface area contributed by atoms with Gasteiger partial charge in [0.15, 0.2) is 0 Å². The van der Waals surface area contributed by atoms with Gasteiger partial charge in [0.25, 0.3) is 5.91 Å². The molecular weight excluding hydrogens is 370 g/mol. The second-order valence-electron chi connectivity index (χ2n) is 7.99. The van der Waals surface area contributed by atoms with E-state index < -0.39 is 0 Å². The molecule has 0 fully saturated rings. The van der Waals surface area contributed by atoms with Gasteiger partial charge in [0, 0.05) is 17.0 Å². The van der Waals surface area contributed by atoms with Crippen LogP contribution in [-0.2, 0) is 0 Å². The molecular formula is C26H33N3O. The zero-order valence-electron chi connectivity index (χ0n) is 18.6. The summed E-state index contributed by atoms with van der Waals surface area (Å²) in [5.41, 5.74) is 4.50. The highest BCUT2D eigenvalue weighted by atomic mass is 16.1. The molecule has 0 bridgehead atoms. The summed E-state index contributed by atoms with van der Waals surface area (Å²) < 4.78 is 0. The summed E-state index contributed by atoms with van der Waals surface area (Å²) in [4.78, 5) is 20.5. The number of nitrogens with one attached hydrogen (secondary N) is 1. The summed E-state index contributed by atoms with van der Waals surface area (Å²) in [6.45, 7) is 11.7. The number of aryl methyl sites for hydroxylation is 1. The van der Waals surface area contributed by atoms with Gasteiger partial charge in [-0.25, -0.2) is 4.98 Å². The maximum atomic E-state index is 13.2. The van der Waals surface area contributed by atoms with E-state index in [-0.39, 0.29) is 11.9 Å². The first kappa shape index (κ1) is 22.0. The summed E-state index contributed by atoms with van der Waals surface area (Å²) in [5, 5.41) is 4.12. The second kappa shape index (κ2) is 10.4. The summed E-state index contributed by atoms with van der Waals surface area (Å²) in [6.07, 6.45) is 2.05. The lowest BCUT2D eigenvalue weighted by molar-refractivity contribution is 0.0939. The van der Waals surface area contributed by atoms with Crippen molar-refractivity contribution in [2.45, 2.75) is 46.6 Å². The fourth-order valence-corrected chi connectivity index (χ4v) is 3.82. The number of hydrogen-bond acceptors (Lipinski definition) is 3. The van der Waals surface area contributed by atoms with Crippen molar-refractivity contribution in [2.75, 3.05) is 19.6 Å². The third-order valence-corrected chi connectivity index (χ3v) is 5.66. The summed E-state index contributed by atoms with van der Waals surface area (Å²) in [6, 6.07) is 18.2. The van der Waals surface area contributed by atoms with Crippen molar-refractivity contribution in [2.24, 2.45) is 0 Å². The standard InChI is InChI=1S/C26H33N3O/c1-5-29(6-2)16-10-11-20(4)27-26(30)23-18-25(21-12-8-7-9-13-21)28-24-15-14-19(3)17-22(23)24/h7-9,12-15,17-18,20H,5-6,10-11,16H2,1-4H3,(H,27,30). The van der Waals surface area contributed by atoms with Crippen molar-refractivity contribution >= 4 is 16.8 Å². The van der Waals surface area contributed by atoms with Crippen LogP contribution in [0.5, 0.6) is 0 Å². The Labute approximate surface area is 180 Å². The molecule has 1 atom stereocenters. The fraction of sp³-hybridized carbons (Fsp3) is 0.385. The van der Waals surface area contributed by atoms with Crippen molar-refractivity contribution in [3.8, 4) is 11.3 Å². The first-order valence-electron chi connectivity index (χ1n) is 11.0. The number of benzene rings is 2. The molecule has 4 heteroatoms. The smallest absolute Gasteiger partial charge is 0.252 e. The van der Waals surface area contributed by atoms with E-state index in [0.717, 1.165) is 60.2 Å². The highest BCUT2D eigenvalue weighted by Crippen LogP contribution is 2.26. The van der Waals surface area contributed by atoms with Crippen LogP contribution in [0.4, 0.5) is 0 Å². The van der Waals surface area contributed by atoms with E-state index in [1.54, 1.807) is 0 Å². The molecule has 0 saturated heterocycles. The minimum absolute atomic E-state index is 0.0273. The second-order valence-corrected chi connectivity index (χ2v) is 7.99. The molecule has 1 amide bonds. The average molecular weight is 404 g/mol. The van der Waals surface area contributed by atoms with Gasteiger partial charge in [-0.2, -0.15) is 0 Å². The zero-order chi connectivity index (χ0) is 21.5. The van der Waals surface area contributed by atoms with E-state index in [4.69, 9.17) is 4.98 Å². The van der Waals surface area contributed by atoms with Gasteiger partial charge >= 0.3 is 0 Å². The average Bonchev–Trinajstić information content (AvgIpc) is 2.76. The van der Waals surface area contributed by atoms with Crippen molar-refractivity contribution in [1.29, 1.82) is 0 Å². The molecule has 0 aliphatic carbocycles. The normalized spacial score (nSPS) is 12.3. The van der Waals surface area contributed by atoms with Gasteiger partial charge < -0.3 is 10.2 Å². The number of fused-ring (bicyclic) bond motifs is 1. The summed E-state index contributed by atoms with van der Waals surface area (Å²) >= 11 is 0. The van der Waals surface area contributed by atoms with Crippen molar-refractivity contribution in [3.05, 3.63) is 65.7 Å². The van der Waals surface area contributed by atoms with Gasteiger partial charge in [-0.1, -0.05) is 55.8 Å². The lowest BCUT2D eigenvalue weighted by atomic mass is 10.0. The quantitative estimate of drug-likeness (QED) is 0.517. The number of aromatic nitrogens is 1. The number of rotatable bonds is 9. The van der Waals surface area contributed by atoms with Gasteiger partial charge in [-0.15, -0.1) is 0 Å². The number of pyridine rings is 1. The fourth-order valence-electron chi connectivity index (χ4n) is 3.82. The Hall–Kier alpha value is -2.72. The van der Waals surface area contributed by atoms with E-state index in [9.17, 15) is 4.79 Å². The Kier molecular flexibility index (Phi) is 7.58. The maximum Gasteiger partial charge on any atom is 0.252 e. The third-order valence-electron chi connectivity index (χ3n) is 5.66. The molecule has 0 radical (unpaired) electrons. The monoisotopic (exact) mass is 403 g/mol. The van der Waals surface area contributed by atoms with Crippen LogP contribution < -0.4 is 5.32 Å².